The van der Waals surface area contributed by atoms with Gasteiger partial charge in [-0.25, -0.2) is 4.79 Å². The van der Waals surface area contributed by atoms with Gasteiger partial charge >= 0.3 is 17.9 Å². The van der Waals surface area contributed by atoms with E-state index in [-0.39, 0.29) is 12.8 Å². The number of carbonyl (C=O) groups is 3. The molecule has 0 aliphatic heterocycles. The molecule has 2 rings (SSSR count). The fourth-order valence-corrected chi connectivity index (χ4v) is 2.20. The Hall–Kier alpha value is -3.35. The molecule has 7 heteroatoms. The molecular weight excluding hydrogens is 352 g/mol. The molecule has 27 heavy (non-hydrogen) atoms. The van der Waals surface area contributed by atoms with Gasteiger partial charge in [0.25, 0.3) is 0 Å². The largest absolute Gasteiger partial charge is 0.497 e. The molecule has 7 nitrogen and oxygen atoms in total. The van der Waals surface area contributed by atoms with Crippen molar-refractivity contribution in [3.05, 3.63) is 54.1 Å². The lowest BCUT2D eigenvalue weighted by Crippen LogP contribution is -2.09. The Morgan fingerprint density at radius 3 is 1.85 bits per heavy atom. The van der Waals surface area contributed by atoms with Gasteiger partial charge in [-0.15, -0.1) is 0 Å². The summed E-state index contributed by atoms with van der Waals surface area (Å²) in [7, 11) is 1.54. The Kier molecular flexibility index (Phi) is 7.37. The third-order valence-electron chi connectivity index (χ3n) is 3.61. The van der Waals surface area contributed by atoms with E-state index in [0.29, 0.717) is 35.7 Å². The van der Waals surface area contributed by atoms with Crippen LogP contribution in [0.25, 0.3) is 0 Å². The summed E-state index contributed by atoms with van der Waals surface area (Å²) in [4.78, 5) is 34.2. The van der Waals surface area contributed by atoms with Crippen LogP contribution in [0.2, 0.25) is 0 Å². The van der Waals surface area contributed by atoms with E-state index >= 15 is 0 Å². The second-order valence-electron chi connectivity index (χ2n) is 5.66. The molecular formula is C20H20O7. The van der Waals surface area contributed by atoms with Crippen LogP contribution in [-0.4, -0.2) is 30.1 Å². The van der Waals surface area contributed by atoms with E-state index in [2.05, 4.69) is 0 Å². The Balaban J connectivity index is 1.82. The molecule has 0 amide bonds. The van der Waals surface area contributed by atoms with E-state index in [0.717, 1.165) is 0 Å². The maximum absolute atomic E-state index is 12.1. The molecule has 0 aliphatic carbocycles. The molecule has 0 aromatic heterocycles. The van der Waals surface area contributed by atoms with Gasteiger partial charge in [0.1, 0.15) is 17.2 Å². The molecule has 0 unspecified atom stereocenters. The van der Waals surface area contributed by atoms with Gasteiger partial charge in [-0.1, -0.05) is 0 Å². The number of benzene rings is 2. The molecule has 0 bridgehead atoms. The lowest BCUT2D eigenvalue weighted by Gasteiger charge is -2.07. The number of hydrogen-bond donors (Lipinski definition) is 1. The van der Waals surface area contributed by atoms with E-state index in [1.165, 1.54) is 31.4 Å². The number of carbonyl (C=O) groups excluding carboxylic acids is 2. The van der Waals surface area contributed by atoms with Crippen molar-refractivity contribution in [3.8, 4) is 17.2 Å². The van der Waals surface area contributed by atoms with Gasteiger partial charge in [0.05, 0.1) is 12.7 Å². The zero-order chi connectivity index (χ0) is 19.6. The number of rotatable bonds is 9. The van der Waals surface area contributed by atoms with Crippen LogP contribution in [0.15, 0.2) is 48.5 Å². The summed E-state index contributed by atoms with van der Waals surface area (Å²) in [5.74, 6) is -0.562. The predicted molar refractivity (Wildman–Crippen MR) is 96.1 cm³/mol. The number of unbranched alkanes of at least 4 members (excludes halogenated alkanes) is 1. The molecule has 0 fully saturated rings. The highest BCUT2D eigenvalue weighted by Gasteiger charge is 2.10. The monoisotopic (exact) mass is 372 g/mol. The van der Waals surface area contributed by atoms with E-state index in [1.807, 2.05) is 0 Å². The maximum atomic E-state index is 12.1. The molecule has 0 atom stereocenters. The molecule has 0 spiro atoms. The first-order chi connectivity index (χ1) is 13.0. The molecule has 0 saturated heterocycles. The van der Waals surface area contributed by atoms with Crippen molar-refractivity contribution in [2.24, 2.45) is 0 Å². The SMILES string of the molecule is COc1ccc(C(=O)Oc2ccc(OC(=O)CCCCC(=O)O)cc2)cc1. The molecule has 1 N–H and O–H groups in total. The molecule has 0 heterocycles. The van der Waals surface area contributed by atoms with Crippen molar-refractivity contribution in [1.29, 1.82) is 0 Å². The van der Waals surface area contributed by atoms with Crippen LogP contribution >= 0.6 is 0 Å². The molecule has 0 radical (unpaired) electrons. The minimum Gasteiger partial charge on any atom is -0.497 e. The Morgan fingerprint density at radius 2 is 1.30 bits per heavy atom. The van der Waals surface area contributed by atoms with Gasteiger partial charge < -0.3 is 19.3 Å². The average molecular weight is 372 g/mol. The number of carboxylic acids is 1. The first-order valence-electron chi connectivity index (χ1n) is 8.36. The average Bonchev–Trinajstić information content (AvgIpc) is 2.66. The number of methoxy groups -OCH3 is 1. The van der Waals surface area contributed by atoms with Gasteiger partial charge in [0.2, 0.25) is 0 Å². The van der Waals surface area contributed by atoms with Crippen molar-refractivity contribution >= 4 is 17.9 Å². The normalized spacial score (nSPS) is 10.1. The molecule has 142 valence electrons. The zero-order valence-corrected chi connectivity index (χ0v) is 14.8. The summed E-state index contributed by atoms with van der Waals surface area (Å²) in [6.45, 7) is 0. The summed E-state index contributed by atoms with van der Waals surface area (Å²) < 4.78 is 15.4. The van der Waals surface area contributed by atoms with Crippen molar-refractivity contribution in [2.45, 2.75) is 25.7 Å². The predicted octanol–water partition coefficient (Wildman–Crippen LogP) is 3.46. The molecule has 2 aromatic carbocycles. The molecule has 0 aliphatic rings. The Morgan fingerprint density at radius 1 is 0.778 bits per heavy atom. The third kappa shape index (κ3) is 6.81. The highest BCUT2D eigenvalue weighted by molar-refractivity contribution is 5.91. The summed E-state index contributed by atoms with van der Waals surface area (Å²) in [5, 5.41) is 8.54. The number of carboxylic acid groups (broad SMARTS) is 1. The van der Waals surface area contributed by atoms with Crippen molar-refractivity contribution in [2.75, 3.05) is 7.11 Å². The summed E-state index contributed by atoms with van der Waals surface area (Å²) >= 11 is 0. The van der Waals surface area contributed by atoms with Gasteiger partial charge in [-0.2, -0.15) is 0 Å². The fourth-order valence-electron chi connectivity index (χ4n) is 2.20. The van der Waals surface area contributed by atoms with Crippen LogP contribution in [0.3, 0.4) is 0 Å². The highest BCUT2D eigenvalue weighted by atomic mass is 16.5. The minimum absolute atomic E-state index is 0.0293. The smallest absolute Gasteiger partial charge is 0.343 e. The van der Waals surface area contributed by atoms with Crippen LogP contribution in [-0.2, 0) is 9.59 Å². The summed E-state index contributed by atoms with van der Waals surface area (Å²) in [6.07, 6.45) is 1.04. The highest BCUT2D eigenvalue weighted by Crippen LogP contribution is 2.20. The van der Waals surface area contributed by atoms with Crippen LogP contribution in [0.4, 0.5) is 0 Å². The fraction of sp³-hybridized carbons (Fsp3) is 0.250. The zero-order valence-electron chi connectivity index (χ0n) is 14.8. The van der Waals surface area contributed by atoms with E-state index < -0.39 is 17.9 Å². The van der Waals surface area contributed by atoms with Crippen LogP contribution in [0, 0.1) is 0 Å². The van der Waals surface area contributed by atoms with Crippen molar-refractivity contribution < 1.29 is 33.7 Å². The number of aliphatic carboxylic acids is 1. The topological polar surface area (TPSA) is 99.1 Å². The van der Waals surface area contributed by atoms with Gasteiger partial charge in [-0.05, 0) is 61.4 Å². The van der Waals surface area contributed by atoms with Crippen LogP contribution in [0.1, 0.15) is 36.0 Å². The number of esters is 2. The van der Waals surface area contributed by atoms with Crippen LogP contribution in [0.5, 0.6) is 17.2 Å². The van der Waals surface area contributed by atoms with Crippen molar-refractivity contribution in [1.82, 2.24) is 0 Å². The first-order valence-corrected chi connectivity index (χ1v) is 8.36. The minimum atomic E-state index is -0.886. The quantitative estimate of drug-likeness (QED) is 0.409. The van der Waals surface area contributed by atoms with Gasteiger partial charge in [-0.3, -0.25) is 9.59 Å². The number of hydrogen-bond acceptors (Lipinski definition) is 6. The van der Waals surface area contributed by atoms with E-state index in [9.17, 15) is 14.4 Å². The lowest BCUT2D eigenvalue weighted by atomic mass is 10.2. The number of ether oxygens (including phenoxy) is 3. The summed E-state index contributed by atoms with van der Waals surface area (Å²) in [6, 6.07) is 12.6. The maximum Gasteiger partial charge on any atom is 0.343 e. The second-order valence-corrected chi connectivity index (χ2v) is 5.66. The van der Waals surface area contributed by atoms with E-state index in [1.54, 1.807) is 24.3 Å². The molecule has 0 saturated carbocycles. The standard InChI is InChI=1S/C20H20O7/c1-25-15-8-6-14(7-9-15)20(24)27-17-12-10-16(11-13-17)26-19(23)5-3-2-4-18(21)22/h6-13H,2-5H2,1H3,(H,21,22). The van der Waals surface area contributed by atoms with Gasteiger partial charge in [0.15, 0.2) is 0 Å². The van der Waals surface area contributed by atoms with Crippen molar-refractivity contribution in [3.63, 3.8) is 0 Å². The Labute approximate surface area is 156 Å². The van der Waals surface area contributed by atoms with E-state index in [4.69, 9.17) is 19.3 Å². The molecule has 2 aromatic rings. The van der Waals surface area contributed by atoms with Gasteiger partial charge in [0, 0.05) is 12.8 Å². The Bertz CT molecular complexity index is 779. The third-order valence-corrected chi connectivity index (χ3v) is 3.61. The lowest BCUT2D eigenvalue weighted by molar-refractivity contribution is -0.138. The first kappa shape index (κ1) is 20.0. The van der Waals surface area contributed by atoms with Crippen LogP contribution < -0.4 is 14.2 Å². The second kappa shape index (κ2) is 9.96. The summed E-state index contributed by atoms with van der Waals surface area (Å²) in [5.41, 5.74) is 0.382.